The van der Waals surface area contributed by atoms with Crippen LogP contribution in [0.15, 0.2) is 42.5 Å². The summed E-state index contributed by atoms with van der Waals surface area (Å²) in [6.07, 6.45) is 1.99. The molecule has 2 aromatic carbocycles. The van der Waals surface area contributed by atoms with E-state index in [4.69, 9.17) is 9.47 Å². The van der Waals surface area contributed by atoms with Crippen LogP contribution in [0.2, 0.25) is 0 Å². The number of hydrogen-bond acceptors (Lipinski definition) is 3. The summed E-state index contributed by atoms with van der Waals surface area (Å²) in [4.78, 5) is 12.3. The van der Waals surface area contributed by atoms with Gasteiger partial charge in [0.2, 0.25) is 0 Å². The molecule has 122 valence electrons. The monoisotopic (exact) mass is 312 g/mol. The fraction of sp³-hybridized carbons (Fsp3) is 0.350. The molecule has 3 heteroatoms. The Bertz CT molecular complexity index is 742. The summed E-state index contributed by atoms with van der Waals surface area (Å²) >= 11 is 0. The standard InChI is InChI=1S/C20H24O3/c1-6-18(20(3,4)19(21)23-7-2)16-9-8-15-13-17(22-5)11-10-14(15)12-16/h6,8-13H,7H2,1-5H3. The Morgan fingerprint density at radius 2 is 1.78 bits per heavy atom. The predicted octanol–water partition coefficient (Wildman–Crippen LogP) is 4.84. The third-order valence-corrected chi connectivity index (χ3v) is 4.11. The molecule has 0 fully saturated rings. The van der Waals surface area contributed by atoms with Crippen LogP contribution in [-0.4, -0.2) is 19.7 Å². The van der Waals surface area contributed by atoms with E-state index in [1.54, 1.807) is 7.11 Å². The van der Waals surface area contributed by atoms with Crippen LogP contribution in [0.25, 0.3) is 16.3 Å². The molecule has 2 aromatic rings. The van der Waals surface area contributed by atoms with Crippen LogP contribution in [0, 0.1) is 5.41 Å². The van der Waals surface area contributed by atoms with Gasteiger partial charge in [-0.3, -0.25) is 4.79 Å². The molecule has 0 amide bonds. The summed E-state index contributed by atoms with van der Waals surface area (Å²) in [7, 11) is 1.66. The SMILES string of the molecule is CC=C(c1ccc2cc(OC)ccc2c1)C(C)(C)C(=O)OCC. The highest BCUT2D eigenvalue weighted by atomic mass is 16.5. The van der Waals surface area contributed by atoms with E-state index in [0.29, 0.717) is 6.61 Å². The average Bonchev–Trinajstić information content (AvgIpc) is 2.55. The molecule has 0 aliphatic carbocycles. The van der Waals surface area contributed by atoms with Crippen LogP contribution in [0.3, 0.4) is 0 Å². The smallest absolute Gasteiger partial charge is 0.315 e. The molecule has 0 spiro atoms. The molecule has 0 heterocycles. The summed E-state index contributed by atoms with van der Waals surface area (Å²) in [6.45, 7) is 7.97. The molecule has 0 N–H and O–H groups in total. The van der Waals surface area contributed by atoms with Crippen molar-refractivity contribution < 1.29 is 14.3 Å². The first-order valence-electron chi connectivity index (χ1n) is 7.86. The first kappa shape index (κ1) is 17.1. The van der Waals surface area contributed by atoms with Crippen LogP contribution in [0.1, 0.15) is 33.3 Å². The van der Waals surface area contributed by atoms with Gasteiger partial charge in [0.1, 0.15) is 5.75 Å². The lowest BCUT2D eigenvalue weighted by atomic mass is 9.79. The molecule has 0 atom stereocenters. The Labute approximate surface area is 137 Å². The van der Waals surface area contributed by atoms with Gasteiger partial charge >= 0.3 is 5.97 Å². The third-order valence-electron chi connectivity index (χ3n) is 4.11. The van der Waals surface area contributed by atoms with Gasteiger partial charge in [-0.25, -0.2) is 0 Å². The van der Waals surface area contributed by atoms with Gasteiger partial charge < -0.3 is 9.47 Å². The molecule has 0 bridgehead atoms. The van der Waals surface area contributed by atoms with Crippen molar-refractivity contribution in [2.24, 2.45) is 5.41 Å². The minimum atomic E-state index is -0.690. The van der Waals surface area contributed by atoms with Crippen molar-refractivity contribution in [1.29, 1.82) is 0 Å². The van der Waals surface area contributed by atoms with E-state index in [0.717, 1.165) is 27.7 Å². The predicted molar refractivity (Wildman–Crippen MR) is 94.6 cm³/mol. The number of fused-ring (bicyclic) bond motifs is 1. The maximum atomic E-state index is 12.3. The van der Waals surface area contributed by atoms with Crippen LogP contribution >= 0.6 is 0 Å². The number of ether oxygens (including phenoxy) is 2. The summed E-state index contributed by atoms with van der Waals surface area (Å²) in [5.74, 6) is 0.631. The van der Waals surface area contributed by atoms with Gasteiger partial charge in [0.25, 0.3) is 0 Å². The molecular weight excluding hydrogens is 288 g/mol. The van der Waals surface area contributed by atoms with E-state index in [1.165, 1.54) is 0 Å². The Kier molecular flexibility index (Phi) is 5.09. The van der Waals surface area contributed by atoms with Gasteiger partial charge in [0.15, 0.2) is 0 Å². The van der Waals surface area contributed by atoms with Gasteiger partial charge in [-0.2, -0.15) is 0 Å². The lowest BCUT2D eigenvalue weighted by Crippen LogP contribution is -2.28. The van der Waals surface area contributed by atoms with Crippen molar-refractivity contribution in [3.63, 3.8) is 0 Å². The highest BCUT2D eigenvalue weighted by molar-refractivity contribution is 5.95. The fourth-order valence-corrected chi connectivity index (χ4v) is 2.83. The van der Waals surface area contributed by atoms with E-state index in [1.807, 2.05) is 58.0 Å². The highest BCUT2D eigenvalue weighted by Gasteiger charge is 2.33. The van der Waals surface area contributed by atoms with Gasteiger partial charge in [-0.15, -0.1) is 0 Å². The number of benzene rings is 2. The highest BCUT2D eigenvalue weighted by Crippen LogP contribution is 2.37. The first-order chi connectivity index (χ1) is 10.9. The van der Waals surface area contributed by atoms with Crippen molar-refractivity contribution in [2.75, 3.05) is 13.7 Å². The van der Waals surface area contributed by atoms with Crippen LogP contribution in [-0.2, 0) is 9.53 Å². The molecule has 0 radical (unpaired) electrons. The van der Waals surface area contributed by atoms with Crippen molar-refractivity contribution >= 4 is 22.3 Å². The number of hydrogen-bond donors (Lipinski definition) is 0. The van der Waals surface area contributed by atoms with E-state index in [2.05, 4.69) is 12.1 Å². The Balaban J connectivity index is 2.46. The molecule has 0 aliphatic rings. The van der Waals surface area contributed by atoms with Crippen LogP contribution in [0.4, 0.5) is 0 Å². The summed E-state index contributed by atoms with van der Waals surface area (Å²) in [5, 5.41) is 2.22. The zero-order valence-corrected chi connectivity index (χ0v) is 14.5. The second-order valence-electron chi connectivity index (χ2n) is 5.98. The number of methoxy groups -OCH3 is 1. The molecule has 0 aromatic heterocycles. The Morgan fingerprint density at radius 1 is 1.13 bits per heavy atom. The maximum absolute atomic E-state index is 12.3. The number of carbonyl (C=O) groups is 1. The number of esters is 1. The van der Waals surface area contributed by atoms with Gasteiger partial charge in [-0.1, -0.05) is 24.3 Å². The number of allylic oxidation sites excluding steroid dienone is 1. The molecule has 0 saturated carbocycles. The zero-order chi connectivity index (χ0) is 17.0. The van der Waals surface area contributed by atoms with E-state index < -0.39 is 5.41 Å². The van der Waals surface area contributed by atoms with Crippen molar-refractivity contribution in [3.05, 3.63) is 48.0 Å². The first-order valence-corrected chi connectivity index (χ1v) is 7.86. The molecular formula is C20H24O3. The van der Waals surface area contributed by atoms with E-state index >= 15 is 0 Å². The Morgan fingerprint density at radius 3 is 2.39 bits per heavy atom. The number of rotatable bonds is 5. The second-order valence-corrected chi connectivity index (χ2v) is 5.98. The molecule has 23 heavy (non-hydrogen) atoms. The van der Waals surface area contributed by atoms with Gasteiger partial charge in [0, 0.05) is 0 Å². The zero-order valence-electron chi connectivity index (χ0n) is 14.5. The summed E-state index contributed by atoms with van der Waals surface area (Å²) < 4.78 is 10.5. The molecule has 2 rings (SSSR count). The van der Waals surface area contributed by atoms with E-state index in [-0.39, 0.29) is 5.97 Å². The van der Waals surface area contributed by atoms with Crippen LogP contribution in [0.5, 0.6) is 5.75 Å². The minimum Gasteiger partial charge on any atom is -0.497 e. The van der Waals surface area contributed by atoms with Gasteiger partial charge in [0.05, 0.1) is 19.1 Å². The summed E-state index contributed by atoms with van der Waals surface area (Å²) in [5.41, 5.74) is 1.31. The average molecular weight is 312 g/mol. The number of carbonyl (C=O) groups excluding carboxylic acids is 1. The van der Waals surface area contributed by atoms with Gasteiger partial charge in [-0.05, 0) is 67.8 Å². The van der Waals surface area contributed by atoms with Crippen molar-refractivity contribution in [1.82, 2.24) is 0 Å². The lowest BCUT2D eigenvalue weighted by molar-refractivity contribution is -0.150. The molecule has 0 unspecified atom stereocenters. The van der Waals surface area contributed by atoms with Crippen LogP contribution < -0.4 is 4.74 Å². The second kappa shape index (κ2) is 6.86. The maximum Gasteiger partial charge on any atom is 0.315 e. The molecule has 0 saturated heterocycles. The van der Waals surface area contributed by atoms with Crippen molar-refractivity contribution in [2.45, 2.75) is 27.7 Å². The summed E-state index contributed by atoms with van der Waals surface area (Å²) in [6, 6.07) is 12.2. The molecule has 0 aliphatic heterocycles. The fourth-order valence-electron chi connectivity index (χ4n) is 2.83. The lowest BCUT2D eigenvalue weighted by Gasteiger charge is -2.26. The quantitative estimate of drug-likeness (QED) is 0.741. The third kappa shape index (κ3) is 3.39. The Hall–Kier alpha value is -2.29. The minimum absolute atomic E-state index is 0.206. The van der Waals surface area contributed by atoms with Crippen molar-refractivity contribution in [3.8, 4) is 5.75 Å². The normalized spacial score (nSPS) is 12.3. The topological polar surface area (TPSA) is 35.5 Å². The van der Waals surface area contributed by atoms with E-state index in [9.17, 15) is 4.79 Å². The molecule has 3 nitrogen and oxygen atoms in total. The largest absolute Gasteiger partial charge is 0.497 e.